The van der Waals surface area contributed by atoms with E-state index in [-0.39, 0.29) is 30.8 Å². The quantitative estimate of drug-likeness (QED) is 0.327. The monoisotopic (exact) mass is 494 g/mol. The summed E-state index contributed by atoms with van der Waals surface area (Å²) < 4.78 is 18.7. The highest BCUT2D eigenvalue weighted by Crippen LogP contribution is 2.40. The van der Waals surface area contributed by atoms with E-state index in [0.717, 1.165) is 33.0 Å². The zero-order valence-electron chi connectivity index (χ0n) is 21.0. The van der Waals surface area contributed by atoms with Gasteiger partial charge in [0.25, 0.3) is 0 Å². The summed E-state index contributed by atoms with van der Waals surface area (Å²) >= 11 is 0. The van der Waals surface area contributed by atoms with Crippen LogP contribution in [0.15, 0.2) is 78.9 Å². The van der Waals surface area contributed by atoms with Crippen LogP contribution in [0.1, 0.15) is 53.2 Å². The molecule has 1 fully saturated rings. The topological polar surface area (TPSA) is 65.0 Å². The molecule has 2 aliphatic heterocycles. The minimum Gasteiger partial charge on any atom is -0.489 e. The first kappa shape index (κ1) is 23.7. The molecular weight excluding hydrogens is 464 g/mol. The third-order valence-corrected chi connectivity index (χ3v) is 7.58. The van der Waals surface area contributed by atoms with Crippen LogP contribution in [0.25, 0.3) is 21.9 Å². The molecule has 0 aromatic heterocycles. The number of hydrogen-bond donors (Lipinski definition) is 1. The third kappa shape index (κ3) is 4.39. The van der Waals surface area contributed by atoms with Crippen LogP contribution >= 0.6 is 0 Å². The standard InChI is InChI=1S/C32H30O5/c1-19-13-29-30(20(2)36-19)23-10-6-7-21(14-23)18-35-25-11-12-26-24(15-25)16-27(32(34)37-29)28(17-33)31(26)22-8-4-3-5-9-22/h3-12,14-16,19-20,29-30,33H,13,17-18H2,1-2H3/t19?,20?,29-,30?/m1/s1. The van der Waals surface area contributed by atoms with Gasteiger partial charge in [-0.3, -0.25) is 0 Å². The molecule has 4 aromatic carbocycles. The predicted molar refractivity (Wildman–Crippen MR) is 143 cm³/mol. The van der Waals surface area contributed by atoms with Crippen LogP contribution < -0.4 is 4.74 Å². The van der Waals surface area contributed by atoms with Crippen LogP contribution in [-0.2, 0) is 22.7 Å². The minimum atomic E-state index is -0.432. The van der Waals surface area contributed by atoms with Gasteiger partial charge in [0, 0.05) is 17.9 Å². The molecule has 37 heavy (non-hydrogen) atoms. The summed E-state index contributed by atoms with van der Waals surface area (Å²) in [5, 5.41) is 12.3. The third-order valence-electron chi connectivity index (χ3n) is 7.58. The maximum Gasteiger partial charge on any atom is 0.338 e. The molecular formula is C32H30O5. The molecule has 3 unspecified atom stereocenters. The number of hydrogen-bond acceptors (Lipinski definition) is 5. The van der Waals surface area contributed by atoms with Gasteiger partial charge >= 0.3 is 5.97 Å². The molecule has 1 N–H and O–H groups in total. The number of benzene rings is 4. The first-order valence-corrected chi connectivity index (χ1v) is 12.9. The largest absolute Gasteiger partial charge is 0.489 e. The Hall–Kier alpha value is -3.67. The molecule has 2 heterocycles. The van der Waals surface area contributed by atoms with Crippen LogP contribution in [0, 0.1) is 0 Å². The summed E-state index contributed by atoms with van der Waals surface area (Å²) in [7, 11) is 0. The normalized spacial score (nSPS) is 23.3. The van der Waals surface area contributed by atoms with Crippen molar-refractivity contribution >= 4 is 16.7 Å². The molecule has 188 valence electrons. The molecule has 0 aliphatic carbocycles. The van der Waals surface area contributed by atoms with Crippen molar-refractivity contribution < 1.29 is 24.1 Å². The zero-order valence-corrected chi connectivity index (χ0v) is 21.0. The van der Waals surface area contributed by atoms with Gasteiger partial charge < -0.3 is 19.3 Å². The van der Waals surface area contributed by atoms with E-state index in [0.29, 0.717) is 29.9 Å². The number of aliphatic hydroxyl groups is 1. The van der Waals surface area contributed by atoms with Gasteiger partial charge in [-0.05, 0) is 65.1 Å². The summed E-state index contributed by atoms with van der Waals surface area (Å²) in [4.78, 5) is 13.9. The summed E-state index contributed by atoms with van der Waals surface area (Å²) in [6.07, 6.45) is 0.0714. The van der Waals surface area contributed by atoms with Crippen molar-refractivity contribution in [3.05, 3.63) is 101 Å². The Morgan fingerprint density at radius 2 is 1.78 bits per heavy atom. The van der Waals surface area contributed by atoms with E-state index in [4.69, 9.17) is 14.2 Å². The average molecular weight is 495 g/mol. The highest BCUT2D eigenvalue weighted by molar-refractivity contribution is 6.06. The maximum atomic E-state index is 13.9. The summed E-state index contributed by atoms with van der Waals surface area (Å²) in [6, 6.07) is 25.8. The Morgan fingerprint density at radius 1 is 0.946 bits per heavy atom. The van der Waals surface area contributed by atoms with Crippen molar-refractivity contribution in [2.24, 2.45) is 0 Å². The first-order valence-electron chi connectivity index (χ1n) is 12.9. The van der Waals surface area contributed by atoms with Crippen molar-refractivity contribution in [1.29, 1.82) is 0 Å². The molecule has 6 rings (SSSR count). The Balaban J connectivity index is 1.57. The Labute approximate surface area is 216 Å². The molecule has 0 radical (unpaired) electrons. The van der Waals surface area contributed by atoms with E-state index >= 15 is 0 Å². The van der Waals surface area contributed by atoms with E-state index < -0.39 is 5.97 Å². The summed E-state index contributed by atoms with van der Waals surface area (Å²) in [5.74, 6) is 0.167. The Bertz CT molecular complexity index is 1460. The predicted octanol–water partition coefficient (Wildman–Crippen LogP) is 6.40. The van der Waals surface area contributed by atoms with Crippen molar-refractivity contribution in [2.45, 2.75) is 57.7 Å². The molecule has 4 atom stereocenters. The number of carbonyl (C=O) groups excluding carboxylic acids is 1. The Morgan fingerprint density at radius 3 is 2.59 bits per heavy atom. The van der Waals surface area contributed by atoms with E-state index in [1.807, 2.05) is 80.6 Å². The summed E-state index contributed by atoms with van der Waals surface area (Å²) in [6.45, 7) is 4.20. The fourth-order valence-electron chi connectivity index (χ4n) is 5.95. The van der Waals surface area contributed by atoms with Crippen LogP contribution in [0.4, 0.5) is 0 Å². The molecule has 0 amide bonds. The number of aliphatic hydroxyl groups excluding tert-OH is 1. The highest BCUT2D eigenvalue weighted by Gasteiger charge is 2.39. The number of rotatable bonds is 2. The van der Waals surface area contributed by atoms with Crippen molar-refractivity contribution in [3.63, 3.8) is 0 Å². The van der Waals surface area contributed by atoms with Gasteiger partial charge in [-0.15, -0.1) is 0 Å². The van der Waals surface area contributed by atoms with E-state index in [9.17, 15) is 9.90 Å². The zero-order chi connectivity index (χ0) is 25.5. The number of ether oxygens (including phenoxy) is 3. The number of fused-ring (bicyclic) bond motifs is 6. The number of carbonyl (C=O) groups is 1. The second-order valence-electron chi connectivity index (χ2n) is 10.1. The molecule has 0 saturated carbocycles. The van der Waals surface area contributed by atoms with Gasteiger partial charge in [-0.2, -0.15) is 0 Å². The number of esters is 1. The van der Waals surface area contributed by atoms with Crippen LogP contribution in [0.5, 0.6) is 5.75 Å². The van der Waals surface area contributed by atoms with E-state index in [1.165, 1.54) is 0 Å². The molecule has 1 saturated heterocycles. The van der Waals surface area contributed by atoms with Crippen LogP contribution in [-0.4, -0.2) is 29.4 Å². The molecule has 0 spiro atoms. The Kier molecular flexibility index (Phi) is 6.19. The second kappa shape index (κ2) is 9.66. The van der Waals surface area contributed by atoms with Gasteiger partial charge in [-0.25, -0.2) is 4.79 Å². The average Bonchev–Trinajstić information content (AvgIpc) is 2.90. The molecule has 4 aromatic rings. The fourth-order valence-corrected chi connectivity index (χ4v) is 5.95. The van der Waals surface area contributed by atoms with Gasteiger partial charge in [0.2, 0.25) is 0 Å². The van der Waals surface area contributed by atoms with Crippen molar-refractivity contribution in [2.75, 3.05) is 0 Å². The van der Waals surface area contributed by atoms with Crippen molar-refractivity contribution in [3.8, 4) is 16.9 Å². The highest BCUT2D eigenvalue weighted by atomic mass is 16.6. The molecule has 5 heteroatoms. The van der Waals surface area contributed by atoms with Gasteiger partial charge in [0.1, 0.15) is 18.5 Å². The summed E-state index contributed by atoms with van der Waals surface area (Å²) in [5.41, 5.74) is 4.82. The molecule has 5 nitrogen and oxygen atoms in total. The van der Waals surface area contributed by atoms with Crippen molar-refractivity contribution in [1.82, 2.24) is 0 Å². The first-order chi connectivity index (χ1) is 18.0. The van der Waals surface area contributed by atoms with Gasteiger partial charge in [0.15, 0.2) is 0 Å². The lowest BCUT2D eigenvalue weighted by atomic mass is 9.83. The lowest BCUT2D eigenvalue weighted by molar-refractivity contribution is -0.101. The van der Waals surface area contributed by atoms with Crippen LogP contribution in [0.3, 0.4) is 0 Å². The van der Waals surface area contributed by atoms with E-state index in [2.05, 4.69) is 12.1 Å². The molecule has 2 aliphatic rings. The SMILES string of the molecule is CC1C[C@H]2OC(=O)c3cc4cc(ccc4c(-c4ccccc4)c3CO)OCc3cccc(c3)C2C(C)O1. The molecule has 5 bridgehead atoms. The fraction of sp³-hybridized carbons (Fsp3) is 0.281. The van der Waals surface area contributed by atoms with Crippen LogP contribution in [0.2, 0.25) is 0 Å². The maximum absolute atomic E-state index is 13.9. The van der Waals surface area contributed by atoms with Gasteiger partial charge in [-0.1, -0.05) is 60.7 Å². The van der Waals surface area contributed by atoms with Gasteiger partial charge in [0.05, 0.1) is 24.4 Å². The lowest BCUT2D eigenvalue weighted by Crippen LogP contribution is -2.42. The lowest BCUT2D eigenvalue weighted by Gasteiger charge is -2.39. The second-order valence-corrected chi connectivity index (χ2v) is 10.1. The minimum absolute atomic E-state index is 0.0363. The van der Waals surface area contributed by atoms with E-state index in [1.54, 1.807) is 0 Å². The smallest absolute Gasteiger partial charge is 0.338 e.